The van der Waals surface area contributed by atoms with Crippen LogP contribution in [0.5, 0.6) is 5.75 Å². The third kappa shape index (κ3) is 2.43. The topological polar surface area (TPSA) is 92.8 Å². The zero-order chi connectivity index (χ0) is 9.14. The molecule has 0 unspecified atom stereocenters. The molecule has 0 fully saturated rings. The number of benzene rings is 1. The van der Waals surface area contributed by atoms with E-state index in [0.717, 1.165) is 4.90 Å². The smallest absolute Gasteiger partial charge is 0.143 e. The Morgan fingerprint density at radius 2 is 1.85 bits per heavy atom. The van der Waals surface area contributed by atoms with Gasteiger partial charge in [-0.25, -0.2) is 0 Å². The molecule has 0 atom stereocenters. The maximum Gasteiger partial charge on any atom is 0.143 e. The second kappa shape index (κ2) is 4.84. The van der Waals surface area contributed by atoms with E-state index in [4.69, 9.17) is 16.2 Å². The maximum absolute atomic E-state index is 5.70. The van der Waals surface area contributed by atoms with Gasteiger partial charge in [0, 0.05) is 10.6 Å². The molecular formula is C8H14N2O2S. The Bertz CT molecular complexity index is 266. The van der Waals surface area contributed by atoms with E-state index in [1.165, 1.54) is 0 Å². The van der Waals surface area contributed by atoms with Crippen LogP contribution in [-0.4, -0.2) is 18.8 Å². The Morgan fingerprint density at radius 1 is 1.23 bits per heavy atom. The molecule has 5 heteroatoms. The number of methoxy groups -OCH3 is 1. The van der Waals surface area contributed by atoms with E-state index in [9.17, 15) is 0 Å². The highest BCUT2D eigenvalue weighted by atomic mass is 32.2. The summed E-state index contributed by atoms with van der Waals surface area (Å²) >= 11 is 1.57. The van der Waals surface area contributed by atoms with E-state index in [0.29, 0.717) is 17.1 Å². The van der Waals surface area contributed by atoms with Crippen molar-refractivity contribution in [2.75, 3.05) is 24.8 Å². The molecule has 0 aliphatic carbocycles. The van der Waals surface area contributed by atoms with E-state index in [2.05, 4.69) is 0 Å². The molecule has 0 bridgehead atoms. The predicted octanol–water partition coefficient (Wildman–Crippen LogP) is 0.757. The molecule has 0 heterocycles. The van der Waals surface area contributed by atoms with Crippen molar-refractivity contribution in [1.82, 2.24) is 0 Å². The number of hydrogen-bond acceptors (Lipinski definition) is 4. The first kappa shape index (κ1) is 11.9. The van der Waals surface area contributed by atoms with Gasteiger partial charge in [-0.05, 0) is 18.4 Å². The van der Waals surface area contributed by atoms with Gasteiger partial charge in [-0.2, -0.15) is 0 Å². The normalized spacial score (nSPS) is 9.08. The van der Waals surface area contributed by atoms with Crippen LogP contribution in [0.4, 0.5) is 11.4 Å². The van der Waals surface area contributed by atoms with Gasteiger partial charge in [0.05, 0.1) is 12.8 Å². The minimum atomic E-state index is 0. The largest absolute Gasteiger partial charge is 0.495 e. The minimum absolute atomic E-state index is 0. The number of hydrogen-bond donors (Lipinski definition) is 2. The summed E-state index contributed by atoms with van der Waals surface area (Å²) < 4.78 is 5.05. The van der Waals surface area contributed by atoms with Crippen molar-refractivity contribution in [2.45, 2.75) is 4.90 Å². The van der Waals surface area contributed by atoms with Crippen molar-refractivity contribution in [2.24, 2.45) is 0 Å². The van der Waals surface area contributed by atoms with Gasteiger partial charge >= 0.3 is 0 Å². The third-order valence-corrected chi connectivity index (χ3v) is 2.38. The van der Waals surface area contributed by atoms with Crippen LogP contribution in [0.25, 0.3) is 0 Å². The number of rotatable bonds is 2. The lowest BCUT2D eigenvalue weighted by Gasteiger charge is -2.08. The quantitative estimate of drug-likeness (QED) is 0.547. The molecule has 1 rings (SSSR count). The molecular weight excluding hydrogens is 188 g/mol. The number of nitrogens with two attached hydrogens (primary N) is 2. The van der Waals surface area contributed by atoms with Crippen LogP contribution >= 0.6 is 11.8 Å². The van der Waals surface area contributed by atoms with Crippen LogP contribution in [0.3, 0.4) is 0 Å². The Kier molecular flexibility index (Phi) is 4.44. The lowest BCUT2D eigenvalue weighted by molar-refractivity contribution is 0.416. The monoisotopic (exact) mass is 202 g/mol. The molecule has 6 N–H and O–H groups in total. The summed E-state index contributed by atoms with van der Waals surface area (Å²) in [5.41, 5.74) is 12.6. The van der Waals surface area contributed by atoms with Crippen molar-refractivity contribution >= 4 is 23.1 Å². The van der Waals surface area contributed by atoms with E-state index in [-0.39, 0.29) is 5.48 Å². The summed E-state index contributed by atoms with van der Waals surface area (Å²) in [4.78, 5) is 0.987. The summed E-state index contributed by atoms with van der Waals surface area (Å²) in [6.07, 6.45) is 1.96. The van der Waals surface area contributed by atoms with Crippen molar-refractivity contribution in [3.63, 3.8) is 0 Å². The SMILES string of the molecule is COc1cc(SC)c(N)cc1N.O. The van der Waals surface area contributed by atoms with Crippen molar-refractivity contribution < 1.29 is 10.2 Å². The first-order valence-electron chi connectivity index (χ1n) is 3.46. The summed E-state index contributed by atoms with van der Waals surface area (Å²) in [5, 5.41) is 0. The molecule has 0 aliphatic heterocycles. The number of nitrogen functional groups attached to an aromatic ring is 2. The van der Waals surface area contributed by atoms with Gasteiger partial charge in [0.1, 0.15) is 5.75 Å². The Balaban J connectivity index is 0.00000144. The first-order chi connectivity index (χ1) is 5.69. The molecule has 4 nitrogen and oxygen atoms in total. The third-order valence-electron chi connectivity index (χ3n) is 1.58. The number of anilines is 2. The van der Waals surface area contributed by atoms with Crippen LogP contribution in [0, 0.1) is 0 Å². The Morgan fingerprint density at radius 3 is 2.31 bits per heavy atom. The molecule has 13 heavy (non-hydrogen) atoms. The minimum Gasteiger partial charge on any atom is -0.495 e. The average Bonchev–Trinajstić information content (AvgIpc) is 2.05. The molecule has 0 amide bonds. The predicted molar refractivity (Wildman–Crippen MR) is 57.2 cm³/mol. The fourth-order valence-electron chi connectivity index (χ4n) is 0.949. The van der Waals surface area contributed by atoms with Gasteiger partial charge in [-0.15, -0.1) is 11.8 Å². The molecule has 74 valence electrons. The Hall–Kier alpha value is -1.07. The molecule has 0 radical (unpaired) electrons. The van der Waals surface area contributed by atoms with E-state index in [1.807, 2.05) is 12.3 Å². The summed E-state index contributed by atoms with van der Waals surface area (Å²) in [6.45, 7) is 0. The second-order valence-electron chi connectivity index (χ2n) is 2.34. The number of thioether (sulfide) groups is 1. The van der Waals surface area contributed by atoms with Gasteiger partial charge in [-0.3, -0.25) is 0 Å². The second-order valence-corrected chi connectivity index (χ2v) is 3.18. The highest BCUT2D eigenvalue weighted by Gasteiger charge is 2.04. The fourth-order valence-corrected chi connectivity index (χ4v) is 1.47. The van der Waals surface area contributed by atoms with Crippen LogP contribution in [0.15, 0.2) is 17.0 Å². The van der Waals surface area contributed by atoms with Gasteiger partial charge in [0.25, 0.3) is 0 Å². The standard InChI is InChI=1S/C8H12N2OS.H2O/c1-11-7-4-8(12-2)6(10)3-5(7)9;/h3-4H,9-10H2,1-2H3;1H2. The zero-order valence-electron chi connectivity index (χ0n) is 7.63. The van der Waals surface area contributed by atoms with Crippen LogP contribution in [0.2, 0.25) is 0 Å². The molecule has 0 spiro atoms. The molecule has 0 saturated carbocycles. The Labute approximate surface area is 81.6 Å². The number of ether oxygens (including phenoxy) is 1. The molecule has 1 aromatic carbocycles. The van der Waals surface area contributed by atoms with Crippen LogP contribution in [-0.2, 0) is 0 Å². The fraction of sp³-hybridized carbons (Fsp3) is 0.250. The van der Waals surface area contributed by atoms with Crippen molar-refractivity contribution in [3.05, 3.63) is 12.1 Å². The van der Waals surface area contributed by atoms with Crippen LogP contribution in [0.1, 0.15) is 0 Å². The average molecular weight is 202 g/mol. The zero-order valence-corrected chi connectivity index (χ0v) is 8.44. The highest BCUT2D eigenvalue weighted by molar-refractivity contribution is 7.98. The van der Waals surface area contributed by atoms with Gasteiger partial charge < -0.3 is 21.7 Å². The van der Waals surface area contributed by atoms with E-state index >= 15 is 0 Å². The van der Waals surface area contributed by atoms with E-state index in [1.54, 1.807) is 24.9 Å². The van der Waals surface area contributed by atoms with Gasteiger partial charge in [-0.1, -0.05) is 0 Å². The van der Waals surface area contributed by atoms with Gasteiger partial charge in [0.2, 0.25) is 0 Å². The van der Waals surface area contributed by atoms with Crippen molar-refractivity contribution in [1.29, 1.82) is 0 Å². The van der Waals surface area contributed by atoms with Crippen molar-refractivity contribution in [3.8, 4) is 5.75 Å². The lowest BCUT2D eigenvalue weighted by Crippen LogP contribution is -1.96. The molecule has 0 aliphatic rings. The summed E-state index contributed by atoms with van der Waals surface area (Å²) in [7, 11) is 1.59. The van der Waals surface area contributed by atoms with Gasteiger partial charge in [0.15, 0.2) is 0 Å². The maximum atomic E-state index is 5.70. The molecule has 0 saturated heterocycles. The lowest BCUT2D eigenvalue weighted by atomic mass is 10.2. The molecule has 0 aromatic heterocycles. The highest BCUT2D eigenvalue weighted by Crippen LogP contribution is 2.32. The van der Waals surface area contributed by atoms with Crippen LogP contribution < -0.4 is 16.2 Å². The summed E-state index contributed by atoms with van der Waals surface area (Å²) in [5.74, 6) is 0.675. The molecule has 1 aromatic rings. The first-order valence-corrected chi connectivity index (χ1v) is 4.68. The van der Waals surface area contributed by atoms with E-state index < -0.39 is 0 Å². The summed E-state index contributed by atoms with van der Waals surface area (Å²) in [6, 6.07) is 3.56.